The van der Waals surface area contributed by atoms with Crippen LogP contribution in [0.1, 0.15) is 6.42 Å². The summed E-state index contributed by atoms with van der Waals surface area (Å²) in [7, 11) is 1.56. The molecule has 4 bridgehead atoms. The average molecular weight is 180 g/mol. The molecule has 0 amide bonds. The molecule has 0 spiro atoms. The Hall–Kier alpha value is -0.670. The predicted molar refractivity (Wildman–Crippen MR) is 44.9 cm³/mol. The van der Waals surface area contributed by atoms with E-state index in [0.717, 1.165) is 6.42 Å². The fourth-order valence-corrected chi connectivity index (χ4v) is 2.88. The van der Waals surface area contributed by atoms with Crippen LogP contribution >= 0.6 is 0 Å². The van der Waals surface area contributed by atoms with Crippen molar-refractivity contribution in [1.29, 1.82) is 0 Å². The standard InChI is InChI=1S/C10H12O3/c1-12-10-8-3-2-6(9(10)11)4-7(8)5-13-10/h2-3,6-8H,4-5H2,1H3. The summed E-state index contributed by atoms with van der Waals surface area (Å²) in [6.07, 6.45) is 5.05. The number of Topliss-reactive ketones (excluding diaryl/α,β-unsaturated/α-hetero) is 1. The smallest absolute Gasteiger partial charge is 0.236 e. The van der Waals surface area contributed by atoms with Crippen LogP contribution in [-0.4, -0.2) is 25.3 Å². The maximum Gasteiger partial charge on any atom is 0.236 e. The number of rotatable bonds is 1. The molecule has 0 aromatic heterocycles. The van der Waals surface area contributed by atoms with E-state index < -0.39 is 5.79 Å². The van der Waals surface area contributed by atoms with E-state index in [1.807, 2.05) is 6.08 Å². The maximum absolute atomic E-state index is 11.9. The molecule has 70 valence electrons. The van der Waals surface area contributed by atoms with Crippen molar-refractivity contribution in [2.75, 3.05) is 13.7 Å². The molecule has 1 saturated carbocycles. The van der Waals surface area contributed by atoms with Gasteiger partial charge in [0.15, 0.2) is 5.78 Å². The molecule has 3 heteroatoms. The maximum atomic E-state index is 11.9. The Morgan fingerprint density at radius 3 is 3.15 bits per heavy atom. The van der Waals surface area contributed by atoms with E-state index in [-0.39, 0.29) is 17.6 Å². The van der Waals surface area contributed by atoms with Gasteiger partial charge in [0.05, 0.1) is 6.61 Å². The van der Waals surface area contributed by atoms with Gasteiger partial charge in [0, 0.05) is 18.9 Å². The van der Waals surface area contributed by atoms with Crippen LogP contribution < -0.4 is 0 Å². The average Bonchev–Trinajstić information content (AvgIpc) is 2.50. The molecule has 0 radical (unpaired) electrons. The highest BCUT2D eigenvalue weighted by Gasteiger charge is 2.62. The lowest BCUT2D eigenvalue weighted by Crippen LogP contribution is -2.54. The Kier molecular flexibility index (Phi) is 1.32. The van der Waals surface area contributed by atoms with Gasteiger partial charge in [-0.3, -0.25) is 4.79 Å². The first-order valence-electron chi connectivity index (χ1n) is 4.69. The molecule has 3 aliphatic carbocycles. The van der Waals surface area contributed by atoms with Crippen LogP contribution in [0.5, 0.6) is 0 Å². The SMILES string of the molecule is COC12OCC3CC(C=CC31)C2=O. The second-order valence-corrected chi connectivity index (χ2v) is 4.06. The van der Waals surface area contributed by atoms with Crippen LogP contribution in [0.4, 0.5) is 0 Å². The minimum absolute atomic E-state index is 0.0393. The normalized spacial score (nSPS) is 51.8. The van der Waals surface area contributed by atoms with Crippen LogP contribution in [0.25, 0.3) is 0 Å². The zero-order valence-corrected chi connectivity index (χ0v) is 7.53. The van der Waals surface area contributed by atoms with E-state index in [9.17, 15) is 4.79 Å². The van der Waals surface area contributed by atoms with Crippen molar-refractivity contribution in [2.45, 2.75) is 12.2 Å². The first-order valence-corrected chi connectivity index (χ1v) is 4.69. The van der Waals surface area contributed by atoms with Gasteiger partial charge in [0.1, 0.15) is 0 Å². The Bertz CT molecular complexity index is 297. The zero-order chi connectivity index (χ0) is 9.05. The fraction of sp³-hybridized carbons (Fsp3) is 0.700. The summed E-state index contributed by atoms with van der Waals surface area (Å²) in [6.45, 7) is 0.672. The number of ketones is 1. The molecule has 4 aliphatic rings. The lowest BCUT2D eigenvalue weighted by molar-refractivity contribution is -0.214. The van der Waals surface area contributed by atoms with E-state index >= 15 is 0 Å². The van der Waals surface area contributed by atoms with E-state index in [4.69, 9.17) is 9.47 Å². The molecule has 4 atom stereocenters. The first-order chi connectivity index (χ1) is 6.28. The van der Waals surface area contributed by atoms with E-state index in [0.29, 0.717) is 12.5 Å². The lowest BCUT2D eigenvalue weighted by atomic mass is 9.67. The predicted octanol–water partition coefficient (Wildman–Crippen LogP) is 0.750. The summed E-state index contributed by atoms with van der Waals surface area (Å²) >= 11 is 0. The summed E-state index contributed by atoms with van der Waals surface area (Å²) in [5.41, 5.74) is 0. The highest BCUT2D eigenvalue weighted by Crippen LogP contribution is 2.51. The highest BCUT2D eigenvalue weighted by molar-refractivity contribution is 5.92. The molecule has 2 fully saturated rings. The van der Waals surface area contributed by atoms with Gasteiger partial charge in [-0.1, -0.05) is 12.2 Å². The van der Waals surface area contributed by atoms with E-state index in [1.165, 1.54) is 0 Å². The molecule has 1 aliphatic heterocycles. The summed E-state index contributed by atoms with van der Waals surface area (Å²) in [5, 5.41) is 0. The van der Waals surface area contributed by atoms with Gasteiger partial charge < -0.3 is 9.47 Å². The number of carbonyl (C=O) groups is 1. The van der Waals surface area contributed by atoms with Crippen molar-refractivity contribution in [1.82, 2.24) is 0 Å². The van der Waals surface area contributed by atoms with Crippen molar-refractivity contribution in [3.05, 3.63) is 12.2 Å². The van der Waals surface area contributed by atoms with Crippen molar-refractivity contribution in [3.63, 3.8) is 0 Å². The Morgan fingerprint density at radius 1 is 1.62 bits per heavy atom. The van der Waals surface area contributed by atoms with Crippen LogP contribution in [0.2, 0.25) is 0 Å². The van der Waals surface area contributed by atoms with Crippen molar-refractivity contribution >= 4 is 5.78 Å². The summed E-state index contributed by atoms with van der Waals surface area (Å²) in [5.74, 6) is -0.0983. The van der Waals surface area contributed by atoms with Gasteiger partial charge in [0.25, 0.3) is 0 Å². The molecule has 0 aromatic carbocycles. The quantitative estimate of drug-likeness (QED) is 0.558. The number of carbonyl (C=O) groups excluding carboxylic acids is 1. The number of hydrogen-bond donors (Lipinski definition) is 0. The number of hydrogen-bond acceptors (Lipinski definition) is 3. The fourth-order valence-electron chi connectivity index (χ4n) is 2.88. The molecular weight excluding hydrogens is 168 g/mol. The molecular formula is C10H12O3. The minimum Gasteiger partial charge on any atom is -0.347 e. The third-order valence-corrected chi connectivity index (χ3v) is 3.55. The van der Waals surface area contributed by atoms with Gasteiger partial charge >= 0.3 is 0 Å². The Balaban J connectivity index is 2.14. The highest BCUT2D eigenvalue weighted by atomic mass is 16.7. The second kappa shape index (κ2) is 2.22. The van der Waals surface area contributed by atoms with Crippen molar-refractivity contribution in [2.24, 2.45) is 17.8 Å². The van der Waals surface area contributed by atoms with Crippen LogP contribution in [0.3, 0.4) is 0 Å². The van der Waals surface area contributed by atoms with Gasteiger partial charge in [-0.25, -0.2) is 0 Å². The summed E-state index contributed by atoms with van der Waals surface area (Å²) in [4.78, 5) is 11.9. The number of ether oxygens (including phenoxy) is 2. The molecule has 13 heavy (non-hydrogen) atoms. The molecule has 0 N–H and O–H groups in total. The topological polar surface area (TPSA) is 35.5 Å². The second-order valence-electron chi connectivity index (χ2n) is 4.06. The molecule has 4 rings (SSSR count). The van der Waals surface area contributed by atoms with Crippen LogP contribution in [0, 0.1) is 17.8 Å². The number of allylic oxidation sites excluding steroid dienone is 1. The van der Waals surface area contributed by atoms with E-state index in [1.54, 1.807) is 7.11 Å². The molecule has 1 heterocycles. The van der Waals surface area contributed by atoms with Gasteiger partial charge in [-0.2, -0.15) is 0 Å². The van der Waals surface area contributed by atoms with Crippen molar-refractivity contribution in [3.8, 4) is 0 Å². The number of methoxy groups -OCH3 is 1. The van der Waals surface area contributed by atoms with Crippen LogP contribution in [-0.2, 0) is 14.3 Å². The largest absolute Gasteiger partial charge is 0.347 e. The van der Waals surface area contributed by atoms with Gasteiger partial charge in [0.2, 0.25) is 5.79 Å². The third-order valence-electron chi connectivity index (χ3n) is 3.55. The lowest BCUT2D eigenvalue weighted by Gasteiger charge is -2.41. The molecule has 3 nitrogen and oxygen atoms in total. The van der Waals surface area contributed by atoms with E-state index in [2.05, 4.69) is 6.08 Å². The van der Waals surface area contributed by atoms with Gasteiger partial charge in [-0.15, -0.1) is 0 Å². The van der Waals surface area contributed by atoms with Gasteiger partial charge in [-0.05, 0) is 12.3 Å². The molecule has 4 unspecified atom stereocenters. The monoisotopic (exact) mass is 180 g/mol. The molecule has 1 saturated heterocycles. The van der Waals surface area contributed by atoms with Crippen molar-refractivity contribution < 1.29 is 14.3 Å². The Morgan fingerprint density at radius 2 is 2.46 bits per heavy atom. The first kappa shape index (κ1) is 7.71. The third kappa shape index (κ3) is 0.708. The summed E-state index contributed by atoms with van der Waals surface area (Å²) < 4.78 is 10.8. The Labute approximate surface area is 76.7 Å². The van der Waals surface area contributed by atoms with Crippen LogP contribution in [0.15, 0.2) is 12.2 Å². The minimum atomic E-state index is -0.914. The zero-order valence-electron chi connectivity index (χ0n) is 7.53. The summed E-state index contributed by atoms with van der Waals surface area (Å²) in [6, 6.07) is 0. The molecule has 0 aromatic rings.